The molecular weight excluding hydrogens is 188 g/mol. The Bertz CT molecular complexity index is 261. The molecule has 1 aromatic rings. The van der Waals surface area contributed by atoms with E-state index < -0.39 is 10.8 Å². The van der Waals surface area contributed by atoms with Crippen molar-refractivity contribution in [3.63, 3.8) is 0 Å². The third-order valence-corrected chi connectivity index (χ3v) is 3.08. The zero-order chi connectivity index (χ0) is 9.68. The summed E-state index contributed by atoms with van der Waals surface area (Å²) in [5, 5.41) is 3.31. The van der Waals surface area contributed by atoms with Crippen LogP contribution in [0.15, 0.2) is 17.0 Å². The van der Waals surface area contributed by atoms with Gasteiger partial charge < -0.3 is 9.73 Å². The average molecular weight is 202 g/mol. The average Bonchev–Trinajstić information content (AvgIpc) is 2.56. The highest BCUT2D eigenvalue weighted by atomic mass is 32.2. The maximum absolute atomic E-state index is 11.0. The molecule has 0 amide bonds. The van der Waals surface area contributed by atoms with E-state index in [0.29, 0.717) is 6.54 Å². The molecule has 2 atom stereocenters. The minimum atomic E-state index is -0.767. The molecule has 2 unspecified atom stereocenters. The number of nitrogens with one attached hydrogen (secondary N) is 1. The van der Waals surface area contributed by atoms with Gasteiger partial charge in [0.1, 0.15) is 5.76 Å². The SMILES string of the molecule is CC(CNCc1cnco1)S(C)=O. The molecule has 0 bridgehead atoms. The molecule has 0 aliphatic heterocycles. The van der Waals surface area contributed by atoms with Crippen LogP contribution in [0, 0.1) is 0 Å². The summed E-state index contributed by atoms with van der Waals surface area (Å²) in [5.74, 6) is 0.800. The van der Waals surface area contributed by atoms with Gasteiger partial charge in [-0.25, -0.2) is 4.98 Å². The Hall–Kier alpha value is -0.680. The molecule has 0 aromatic carbocycles. The van der Waals surface area contributed by atoms with Crippen molar-refractivity contribution in [3.05, 3.63) is 18.4 Å². The van der Waals surface area contributed by atoms with Gasteiger partial charge in [0, 0.05) is 28.9 Å². The first-order valence-electron chi connectivity index (χ1n) is 4.10. The number of hydrogen-bond donors (Lipinski definition) is 1. The van der Waals surface area contributed by atoms with E-state index in [2.05, 4.69) is 10.3 Å². The van der Waals surface area contributed by atoms with Crippen molar-refractivity contribution >= 4 is 10.8 Å². The molecule has 1 N–H and O–H groups in total. The second kappa shape index (κ2) is 5.14. The van der Waals surface area contributed by atoms with Crippen LogP contribution in [0.3, 0.4) is 0 Å². The molecule has 13 heavy (non-hydrogen) atoms. The molecule has 0 aliphatic carbocycles. The van der Waals surface area contributed by atoms with E-state index in [1.807, 2.05) is 6.92 Å². The van der Waals surface area contributed by atoms with Gasteiger partial charge in [-0.1, -0.05) is 0 Å². The molecule has 0 spiro atoms. The summed E-state index contributed by atoms with van der Waals surface area (Å²) in [6.45, 7) is 3.31. The van der Waals surface area contributed by atoms with Gasteiger partial charge in [0.05, 0.1) is 12.7 Å². The second-order valence-electron chi connectivity index (χ2n) is 2.91. The number of oxazole rings is 1. The standard InChI is InChI=1S/C8H14N2O2S/c1-7(13(2)11)3-9-4-8-5-10-6-12-8/h5-7,9H,3-4H2,1-2H3. The van der Waals surface area contributed by atoms with Gasteiger partial charge in [-0.3, -0.25) is 4.21 Å². The Balaban J connectivity index is 2.18. The van der Waals surface area contributed by atoms with E-state index in [-0.39, 0.29) is 5.25 Å². The fourth-order valence-electron chi connectivity index (χ4n) is 0.845. The summed E-state index contributed by atoms with van der Waals surface area (Å²) in [6, 6.07) is 0. The van der Waals surface area contributed by atoms with Crippen molar-refractivity contribution in [3.8, 4) is 0 Å². The fraction of sp³-hybridized carbons (Fsp3) is 0.625. The summed E-state index contributed by atoms with van der Waals surface area (Å²) in [7, 11) is -0.767. The van der Waals surface area contributed by atoms with Gasteiger partial charge in [0.15, 0.2) is 6.39 Å². The molecule has 74 valence electrons. The molecule has 5 heteroatoms. The Kier molecular flexibility index (Phi) is 4.11. The molecule has 1 aromatic heterocycles. The van der Waals surface area contributed by atoms with E-state index in [9.17, 15) is 4.21 Å². The predicted molar refractivity (Wildman–Crippen MR) is 51.7 cm³/mol. The lowest BCUT2D eigenvalue weighted by molar-refractivity contribution is 0.479. The maximum Gasteiger partial charge on any atom is 0.180 e. The smallest absolute Gasteiger partial charge is 0.180 e. The predicted octanol–water partition coefficient (Wildman–Crippen LogP) is 0.531. The monoisotopic (exact) mass is 202 g/mol. The van der Waals surface area contributed by atoms with Crippen molar-refractivity contribution in [2.45, 2.75) is 18.7 Å². The summed E-state index contributed by atoms with van der Waals surface area (Å²) in [5.41, 5.74) is 0. The summed E-state index contributed by atoms with van der Waals surface area (Å²) < 4.78 is 16.0. The van der Waals surface area contributed by atoms with Crippen LogP contribution >= 0.6 is 0 Å². The third-order valence-electron chi connectivity index (χ3n) is 1.78. The first-order valence-corrected chi connectivity index (χ1v) is 5.72. The molecule has 4 nitrogen and oxygen atoms in total. The number of nitrogens with zero attached hydrogens (tertiary/aromatic N) is 1. The number of rotatable bonds is 5. The van der Waals surface area contributed by atoms with E-state index in [1.54, 1.807) is 12.5 Å². The number of hydrogen-bond acceptors (Lipinski definition) is 4. The zero-order valence-corrected chi connectivity index (χ0v) is 8.63. The van der Waals surface area contributed by atoms with Crippen molar-refractivity contribution in [2.75, 3.05) is 12.8 Å². The summed E-state index contributed by atoms with van der Waals surface area (Å²) in [4.78, 5) is 3.79. The maximum atomic E-state index is 11.0. The van der Waals surface area contributed by atoms with Crippen LogP contribution in [0.5, 0.6) is 0 Å². The molecule has 0 fully saturated rings. The van der Waals surface area contributed by atoms with Crippen molar-refractivity contribution in [1.29, 1.82) is 0 Å². The largest absolute Gasteiger partial charge is 0.447 e. The van der Waals surface area contributed by atoms with Crippen LogP contribution in [0.2, 0.25) is 0 Å². The first kappa shape index (κ1) is 10.4. The topological polar surface area (TPSA) is 55.1 Å². The summed E-state index contributed by atoms with van der Waals surface area (Å²) >= 11 is 0. The minimum Gasteiger partial charge on any atom is -0.447 e. The molecule has 1 heterocycles. The lowest BCUT2D eigenvalue weighted by atomic mass is 10.4. The molecule has 1 rings (SSSR count). The van der Waals surface area contributed by atoms with Crippen LogP contribution in [-0.2, 0) is 17.3 Å². The zero-order valence-electron chi connectivity index (χ0n) is 7.82. The van der Waals surface area contributed by atoms with E-state index in [4.69, 9.17) is 4.42 Å². The number of aromatic nitrogens is 1. The second-order valence-corrected chi connectivity index (χ2v) is 4.71. The Morgan fingerprint density at radius 3 is 3.08 bits per heavy atom. The van der Waals surface area contributed by atoms with Gasteiger partial charge in [-0.2, -0.15) is 0 Å². The third kappa shape index (κ3) is 3.69. The van der Waals surface area contributed by atoms with Gasteiger partial charge >= 0.3 is 0 Å². The van der Waals surface area contributed by atoms with Crippen molar-refractivity contribution < 1.29 is 8.63 Å². The highest BCUT2D eigenvalue weighted by Gasteiger charge is 2.05. The highest BCUT2D eigenvalue weighted by Crippen LogP contribution is 1.96. The van der Waals surface area contributed by atoms with Crippen molar-refractivity contribution in [1.82, 2.24) is 10.3 Å². The molecular formula is C8H14N2O2S. The Morgan fingerprint density at radius 2 is 2.54 bits per heavy atom. The fourth-order valence-corrected chi connectivity index (χ4v) is 1.20. The van der Waals surface area contributed by atoms with Crippen molar-refractivity contribution in [2.24, 2.45) is 0 Å². The minimum absolute atomic E-state index is 0.169. The van der Waals surface area contributed by atoms with Gasteiger partial charge in [0.25, 0.3) is 0 Å². The van der Waals surface area contributed by atoms with Crippen LogP contribution in [-0.4, -0.2) is 27.2 Å². The Labute approximate surface area is 80.2 Å². The van der Waals surface area contributed by atoms with E-state index >= 15 is 0 Å². The molecule has 0 saturated heterocycles. The highest BCUT2D eigenvalue weighted by molar-refractivity contribution is 7.84. The van der Waals surface area contributed by atoms with Crippen LogP contribution in [0.1, 0.15) is 12.7 Å². The lowest BCUT2D eigenvalue weighted by Crippen LogP contribution is -2.26. The molecule has 0 radical (unpaired) electrons. The van der Waals surface area contributed by atoms with E-state index in [0.717, 1.165) is 12.3 Å². The first-order chi connectivity index (χ1) is 6.20. The Morgan fingerprint density at radius 1 is 1.77 bits per heavy atom. The lowest BCUT2D eigenvalue weighted by Gasteiger charge is -2.07. The van der Waals surface area contributed by atoms with E-state index in [1.165, 1.54) is 6.39 Å². The van der Waals surface area contributed by atoms with Crippen LogP contribution < -0.4 is 5.32 Å². The summed E-state index contributed by atoms with van der Waals surface area (Å²) in [6.07, 6.45) is 4.78. The molecule has 0 aliphatic rings. The molecule has 0 saturated carbocycles. The van der Waals surface area contributed by atoms with Gasteiger partial charge in [-0.15, -0.1) is 0 Å². The van der Waals surface area contributed by atoms with Gasteiger partial charge in [0.2, 0.25) is 0 Å². The van der Waals surface area contributed by atoms with Crippen LogP contribution in [0.4, 0.5) is 0 Å². The van der Waals surface area contributed by atoms with Crippen LogP contribution in [0.25, 0.3) is 0 Å². The normalized spacial score (nSPS) is 15.5. The van der Waals surface area contributed by atoms with Gasteiger partial charge in [-0.05, 0) is 6.92 Å². The quantitative estimate of drug-likeness (QED) is 0.756.